The van der Waals surface area contributed by atoms with E-state index < -0.39 is 11.7 Å². The van der Waals surface area contributed by atoms with E-state index in [4.69, 9.17) is 4.74 Å². The molecule has 0 unspecified atom stereocenters. The minimum atomic E-state index is -0.586. The Balaban J connectivity index is 2.71. The van der Waals surface area contributed by atoms with Crippen LogP contribution in [0.15, 0.2) is 0 Å². The molecular weight excluding hydrogens is 613 g/mol. The maximum absolute atomic E-state index is 12.1. The number of carbonyl (C=O) groups is 1. The molecule has 0 fully saturated rings. The number of hydrogen-bond acceptors (Lipinski definition) is 4. The SMILES string of the molecule is CCCCCCCOC(=O)c1c(O)c(O)c(I)c(I)c1I. The monoisotopic (exact) mass is 630 g/mol. The molecule has 0 saturated heterocycles. The molecule has 0 bridgehead atoms. The fourth-order valence-corrected chi connectivity index (χ4v) is 4.08. The molecule has 0 radical (unpaired) electrons. The zero-order valence-electron chi connectivity index (χ0n) is 11.6. The van der Waals surface area contributed by atoms with Crippen LogP contribution in [0.1, 0.15) is 49.4 Å². The summed E-state index contributed by atoms with van der Waals surface area (Å²) in [5.41, 5.74) is 0.0477. The molecule has 1 aromatic rings. The minimum Gasteiger partial charge on any atom is -0.504 e. The van der Waals surface area contributed by atoms with E-state index in [1.165, 1.54) is 12.8 Å². The van der Waals surface area contributed by atoms with Gasteiger partial charge in [-0.05, 0) is 74.2 Å². The molecule has 1 rings (SSSR count). The molecule has 0 aliphatic rings. The summed E-state index contributed by atoms with van der Waals surface area (Å²) >= 11 is 5.95. The maximum Gasteiger partial charge on any atom is 0.343 e. The smallest absolute Gasteiger partial charge is 0.343 e. The van der Waals surface area contributed by atoms with Gasteiger partial charge in [0, 0.05) is 7.14 Å². The fourth-order valence-electron chi connectivity index (χ4n) is 1.77. The normalized spacial score (nSPS) is 10.7. The first-order valence-electron chi connectivity index (χ1n) is 6.67. The van der Waals surface area contributed by atoms with Crippen molar-refractivity contribution < 1.29 is 19.7 Å². The van der Waals surface area contributed by atoms with Gasteiger partial charge in [0.15, 0.2) is 11.5 Å². The summed E-state index contributed by atoms with van der Waals surface area (Å²) in [6, 6.07) is 0. The summed E-state index contributed by atoms with van der Waals surface area (Å²) in [5, 5.41) is 19.8. The molecule has 118 valence electrons. The van der Waals surface area contributed by atoms with Crippen LogP contribution in [0.5, 0.6) is 11.5 Å². The van der Waals surface area contributed by atoms with Crippen LogP contribution in [-0.4, -0.2) is 22.8 Å². The molecular formula is C14H17I3O4. The molecule has 2 N–H and O–H groups in total. The van der Waals surface area contributed by atoms with Crippen LogP contribution in [0.2, 0.25) is 0 Å². The third-order valence-electron chi connectivity index (χ3n) is 2.96. The largest absolute Gasteiger partial charge is 0.504 e. The van der Waals surface area contributed by atoms with Crippen molar-refractivity contribution in [3.63, 3.8) is 0 Å². The number of rotatable bonds is 7. The van der Waals surface area contributed by atoms with Crippen molar-refractivity contribution in [3.8, 4) is 11.5 Å². The number of esters is 1. The molecule has 4 nitrogen and oxygen atoms in total. The second-order valence-electron chi connectivity index (χ2n) is 4.56. The van der Waals surface area contributed by atoms with Crippen LogP contribution in [0.4, 0.5) is 0 Å². The molecule has 0 amide bonds. The molecule has 7 heteroatoms. The van der Waals surface area contributed by atoms with Crippen LogP contribution in [0, 0.1) is 10.7 Å². The summed E-state index contributed by atoms with van der Waals surface area (Å²) in [6.45, 7) is 2.48. The highest BCUT2D eigenvalue weighted by Gasteiger charge is 2.25. The Morgan fingerprint density at radius 3 is 2.19 bits per heavy atom. The van der Waals surface area contributed by atoms with E-state index in [-0.39, 0.29) is 11.3 Å². The van der Waals surface area contributed by atoms with Gasteiger partial charge in [-0.25, -0.2) is 4.79 Å². The third kappa shape index (κ3) is 5.26. The van der Waals surface area contributed by atoms with Gasteiger partial charge in [0.1, 0.15) is 5.56 Å². The van der Waals surface area contributed by atoms with Gasteiger partial charge < -0.3 is 14.9 Å². The number of phenols is 2. The van der Waals surface area contributed by atoms with E-state index >= 15 is 0 Å². The third-order valence-corrected chi connectivity index (χ3v) is 8.23. The molecule has 0 saturated carbocycles. The number of carbonyl (C=O) groups excluding carboxylic acids is 1. The molecule has 0 aromatic heterocycles. The standard InChI is InChI=1S/C14H17I3O4/c1-2-3-4-5-6-7-21-14(20)8-9(15)10(16)11(17)13(19)12(8)18/h18-19H,2-7H2,1H3. The Hall–Kier alpha value is 0.480. The molecule has 0 aliphatic carbocycles. The average Bonchev–Trinajstić information content (AvgIpc) is 2.47. The number of ether oxygens (including phenoxy) is 1. The first-order valence-corrected chi connectivity index (χ1v) is 9.90. The molecule has 21 heavy (non-hydrogen) atoms. The topological polar surface area (TPSA) is 66.8 Å². The summed E-state index contributed by atoms with van der Waals surface area (Å²) in [6.07, 6.45) is 5.34. The Morgan fingerprint density at radius 1 is 0.952 bits per heavy atom. The summed E-state index contributed by atoms with van der Waals surface area (Å²) in [7, 11) is 0. The van der Waals surface area contributed by atoms with Crippen LogP contribution >= 0.6 is 67.8 Å². The van der Waals surface area contributed by atoms with E-state index in [9.17, 15) is 15.0 Å². The highest BCUT2D eigenvalue weighted by Crippen LogP contribution is 2.40. The van der Waals surface area contributed by atoms with Crippen molar-refractivity contribution in [1.82, 2.24) is 0 Å². The fraction of sp³-hybridized carbons (Fsp3) is 0.500. The summed E-state index contributed by atoms with van der Waals surface area (Å²) in [4.78, 5) is 12.1. The van der Waals surface area contributed by atoms with Gasteiger partial charge in [-0.1, -0.05) is 32.6 Å². The zero-order valence-corrected chi connectivity index (χ0v) is 18.1. The van der Waals surface area contributed by atoms with E-state index in [0.717, 1.165) is 22.8 Å². The Kier molecular flexibility index (Phi) is 8.91. The highest BCUT2D eigenvalue weighted by molar-refractivity contribution is 14.1. The first kappa shape index (κ1) is 19.5. The Labute approximate surface area is 165 Å². The number of aromatic hydroxyl groups is 2. The van der Waals surface area contributed by atoms with Gasteiger partial charge in [0.2, 0.25) is 0 Å². The lowest BCUT2D eigenvalue weighted by Gasteiger charge is -2.12. The predicted octanol–water partition coefficient (Wildman–Crippen LogP) is 5.04. The molecule has 1 aromatic carbocycles. The summed E-state index contributed by atoms with van der Waals surface area (Å²) in [5.74, 6) is -1.26. The van der Waals surface area contributed by atoms with Crippen molar-refractivity contribution in [1.29, 1.82) is 0 Å². The van der Waals surface area contributed by atoms with E-state index in [2.05, 4.69) is 6.92 Å². The lowest BCUT2D eigenvalue weighted by atomic mass is 10.1. The van der Waals surface area contributed by atoms with Gasteiger partial charge in [-0.3, -0.25) is 0 Å². The lowest BCUT2D eigenvalue weighted by Crippen LogP contribution is -2.10. The van der Waals surface area contributed by atoms with Gasteiger partial charge in [-0.2, -0.15) is 0 Å². The first-order chi connectivity index (χ1) is 9.91. The van der Waals surface area contributed by atoms with Gasteiger partial charge in [0.05, 0.1) is 10.2 Å². The van der Waals surface area contributed by atoms with E-state index in [1.807, 2.05) is 67.8 Å². The van der Waals surface area contributed by atoms with Gasteiger partial charge in [0.25, 0.3) is 0 Å². The molecule has 0 aliphatic heterocycles. The van der Waals surface area contributed by atoms with Gasteiger partial charge >= 0.3 is 5.97 Å². The van der Waals surface area contributed by atoms with Crippen molar-refractivity contribution in [2.24, 2.45) is 0 Å². The zero-order chi connectivity index (χ0) is 16.0. The predicted molar refractivity (Wildman–Crippen MR) is 107 cm³/mol. The van der Waals surface area contributed by atoms with E-state index in [1.54, 1.807) is 0 Å². The number of unbranched alkanes of at least 4 members (excludes halogenated alkanes) is 4. The van der Waals surface area contributed by atoms with Crippen molar-refractivity contribution in [2.45, 2.75) is 39.0 Å². The minimum absolute atomic E-state index is 0.0477. The van der Waals surface area contributed by atoms with Crippen LogP contribution in [0.25, 0.3) is 0 Å². The van der Waals surface area contributed by atoms with Crippen molar-refractivity contribution >= 4 is 73.7 Å². The summed E-state index contributed by atoms with van der Waals surface area (Å²) < 4.78 is 7.07. The van der Waals surface area contributed by atoms with Crippen LogP contribution < -0.4 is 0 Å². The molecule has 0 spiro atoms. The van der Waals surface area contributed by atoms with Gasteiger partial charge in [-0.15, -0.1) is 0 Å². The van der Waals surface area contributed by atoms with Crippen molar-refractivity contribution in [2.75, 3.05) is 6.61 Å². The number of benzene rings is 1. The van der Waals surface area contributed by atoms with Crippen molar-refractivity contribution in [3.05, 3.63) is 16.3 Å². The van der Waals surface area contributed by atoms with Crippen LogP contribution in [-0.2, 0) is 4.74 Å². The highest BCUT2D eigenvalue weighted by atomic mass is 127. The number of hydrogen-bond donors (Lipinski definition) is 2. The number of halogens is 3. The van der Waals surface area contributed by atoms with E-state index in [0.29, 0.717) is 13.7 Å². The Bertz CT molecular complexity index is 488. The average molecular weight is 630 g/mol. The molecule has 0 heterocycles. The second kappa shape index (κ2) is 9.58. The lowest BCUT2D eigenvalue weighted by molar-refractivity contribution is 0.0492. The number of phenolic OH excluding ortho intramolecular Hbond substituents is 2. The second-order valence-corrected chi connectivity index (χ2v) is 7.80. The maximum atomic E-state index is 12.1. The Morgan fingerprint density at radius 2 is 1.57 bits per heavy atom. The molecule has 0 atom stereocenters. The quantitative estimate of drug-likeness (QED) is 0.146. The van der Waals surface area contributed by atoms with Crippen LogP contribution in [0.3, 0.4) is 0 Å².